The monoisotopic (exact) mass is 539 g/mol. The van der Waals surface area contributed by atoms with Gasteiger partial charge in [-0.05, 0) is 38.1 Å². The van der Waals surface area contributed by atoms with Crippen molar-refractivity contribution in [3.05, 3.63) is 65.4 Å². The highest BCUT2D eigenvalue weighted by Crippen LogP contribution is 2.35. The Labute approximate surface area is 223 Å². The number of rotatable bonds is 7. The number of nitrogens with one attached hydrogen (secondary N) is 3. The Morgan fingerprint density at radius 1 is 1.13 bits per heavy atom. The summed E-state index contributed by atoms with van der Waals surface area (Å²) in [6.45, 7) is 6.70. The SMILES string of the molecule is CCN(C)C(=O)c1c(Nc2ccc(N3CCNCC3)c(F)c2)ncnc1Oc1cc(F)c2[nH]c(C)cc2c1F. The van der Waals surface area contributed by atoms with Gasteiger partial charge in [-0.15, -0.1) is 0 Å². The zero-order valence-electron chi connectivity index (χ0n) is 21.7. The minimum atomic E-state index is -0.809. The maximum Gasteiger partial charge on any atom is 0.262 e. The molecule has 2 aromatic carbocycles. The zero-order valence-corrected chi connectivity index (χ0v) is 21.7. The van der Waals surface area contributed by atoms with Crippen LogP contribution in [0.2, 0.25) is 0 Å². The summed E-state index contributed by atoms with van der Waals surface area (Å²) in [5.41, 5.74) is 1.28. The molecule has 1 amide bonds. The normalized spacial score (nSPS) is 13.5. The van der Waals surface area contributed by atoms with Crippen LogP contribution in [0.25, 0.3) is 10.9 Å². The Bertz CT molecular complexity index is 1540. The first-order chi connectivity index (χ1) is 18.8. The topological polar surface area (TPSA) is 98.4 Å². The molecule has 0 atom stereocenters. The van der Waals surface area contributed by atoms with Crippen LogP contribution in [0.1, 0.15) is 23.0 Å². The number of fused-ring (bicyclic) bond motifs is 1. The number of carbonyl (C=O) groups excluding carboxylic acids is 1. The van der Waals surface area contributed by atoms with Crippen molar-refractivity contribution in [3.63, 3.8) is 0 Å². The van der Waals surface area contributed by atoms with Gasteiger partial charge < -0.3 is 30.2 Å². The van der Waals surface area contributed by atoms with Gasteiger partial charge in [0.2, 0.25) is 5.88 Å². The van der Waals surface area contributed by atoms with E-state index in [1.807, 2.05) is 4.90 Å². The van der Waals surface area contributed by atoms with E-state index in [0.29, 0.717) is 36.7 Å². The summed E-state index contributed by atoms with van der Waals surface area (Å²) in [5, 5.41) is 6.21. The molecule has 5 rings (SSSR count). The number of amides is 1. The summed E-state index contributed by atoms with van der Waals surface area (Å²) in [6, 6.07) is 7.01. The minimum absolute atomic E-state index is 0.00788. The van der Waals surface area contributed by atoms with Crippen molar-refractivity contribution in [2.24, 2.45) is 0 Å². The maximum atomic E-state index is 15.3. The molecule has 4 aromatic rings. The number of carbonyl (C=O) groups is 1. The molecule has 1 aliphatic heterocycles. The van der Waals surface area contributed by atoms with Crippen molar-refractivity contribution in [2.75, 3.05) is 50.0 Å². The Balaban J connectivity index is 1.52. The first-order valence-corrected chi connectivity index (χ1v) is 12.5. The number of hydrogen-bond acceptors (Lipinski definition) is 7. The van der Waals surface area contributed by atoms with E-state index in [1.165, 1.54) is 17.0 Å². The fourth-order valence-corrected chi connectivity index (χ4v) is 4.46. The van der Waals surface area contributed by atoms with Crippen LogP contribution >= 0.6 is 0 Å². The number of piperazine rings is 1. The molecule has 0 radical (unpaired) electrons. The van der Waals surface area contributed by atoms with Crippen LogP contribution in [-0.4, -0.2) is 65.5 Å². The van der Waals surface area contributed by atoms with Crippen LogP contribution in [0.5, 0.6) is 11.6 Å². The fourth-order valence-electron chi connectivity index (χ4n) is 4.46. The van der Waals surface area contributed by atoms with E-state index in [1.54, 1.807) is 33.0 Å². The summed E-state index contributed by atoms with van der Waals surface area (Å²) in [7, 11) is 1.57. The molecule has 39 heavy (non-hydrogen) atoms. The maximum absolute atomic E-state index is 15.3. The first-order valence-electron chi connectivity index (χ1n) is 12.5. The lowest BCUT2D eigenvalue weighted by Gasteiger charge is -2.29. The Kier molecular flexibility index (Phi) is 7.29. The van der Waals surface area contributed by atoms with Crippen LogP contribution in [0.4, 0.5) is 30.4 Å². The summed E-state index contributed by atoms with van der Waals surface area (Å²) in [5.74, 6) is -3.17. The van der Waals surface area contributed by atoms with Gasteiger partial charge in [-0.2, -0.15) is 0 Å². The van der Waals surface area contributed by atoms with E-state index < -0.39 is 29.1 Å². The van der Waals surface area contributed by atoms with E-state index in [4.69, 9.17) is 4.74 Å². The molecule has 1 fully saturated rings. The van der Waals surface area contributed by atoms with E-state index in [0.717, 1.165) is 25.5 Å². The minimum Gasteiger partial charge on any atom is -0.435 e. The zero-order chi connectivity index (χ0) is 27.7. The lowest BCUT2D eigenvalue weighted by Crippen LogP contribution is -2.43. The molecule has 1 aliphatic rings. The van der Waals surface area contributed by atoms with E-state index in [-0.39, 0.29) is 28.2 Å². The fraction of sp³-hybridized carbons (Fsp3) is 0.296. The van der Waals surface area contributed by atoms with Crippen LogP contribution < -0.4 is 20.3 Å². The molecular formula is C27H28F3N7O2. The number of aromatic nitrogens is 3. The lowest BCUT2D eigenvalue weighted by atomic mass is 10.2. The number of anilines is 3. The molecule has 2 aromatic heterocycles. The second kappa shape index (κ2) is 10.8. The predicted molar refractivity (Wildman–Crippen MR) is 142 cm³/mol. The molecule has 3 heterocycles. The molecule has 0 aliphatic carbocycles. The third kappa shape index (κ3) is 5.19. The molecule has 1 saturated heterocycles. The molecule has 0 unspecified atom stereocenters. The van der Waals surface area contributed by atoms with Crippen molar-refractivity contribution in [1.29, 1.82) is 0 Å². The Morgan fingerprint density at radius 2 is 1.90 bits per heavy atom. The number of nitrogens with zero attached hydrogens (tertiary/aromatic N) is 4. The average Bonchev–Trinajstić information content (AvgIpc) is 3.34. The van der Waals surface area contributed by atoms with Gasteiger partial charge >= 0.3 is 0 Å². The van der Waals surface area contributed by atoms with Crippen LogP contribution in [0.3, 0.4) is 0 Å². The predicted octanol–water partition coefficient (Wildman–Crippen LogP) is 4.72. The summed E-state index contributed by atoms with van der Waals surface area (Å²) < 4.78 is 50.7. The van der Waals surface area contributed by atoms with E-state index >= 15 is 8.78 Å². The van der Waals surface area contributed by atoms with Crippen molar-refractivity contribution in [2.45, 2.75) is 13.8 Å². The van der Waals surface area contributed by atoms with Gasteiger partial charge in [0, 0.05) is 62.6 Å². The first kappa shape index (κ1) is 26.3. The molecule has 3 N–H and O–H groups in total. The van der Waals surface area contributed by atoms with Crippen LogP contribution in [0.15, 0.2) is 36.7 Å². The van der Waals surface area contributed by atoms with Crippen molar-refractivity contribution in [1.82, 2.24) is 25.2 Å². The molecule has 12 heteroatoms. The number of ether oxygens (including phenoxy) is 1. The second-order valence-electron chi connectivity index (χ2n) is 9.26. The van der Waals surface area contributed by atoms with Gasteiger partial charge in [-0.3, -0.25) is 4.79 Å². The highest BCUT2D eigenvalue weighted by molar-refractivity contribution is 6.01. The summed E-state index contributed by atoms with van der Waals surface area (Å²) in [6.07, 6.45) is 1.12. The Hall–Kier alpha value is -4.32. The summed E-state index contributed by atoms with van der Waals surface area (Å²) >= 11 is 0. The van der Waals surface area contributed by atoms with Crippen molar-refractivity contribution >= 4 is 34.0 Å². The van der Waals surface area contributed by atoms with E-state index in [2.05, 4.69) is 25.6 Å². The van der Waals surface area contributed by atoms with E-state index in [9.17, 15) is 9.18 Å². The molecule has 0 bridgehead atoms. The third-order valence-corrected chi connectivity index (χ3v) is 6.62. The van der Waals surface area contributed by atoms with Gasteiger partial charge in [-0.25, -0.2) is 23.1 Å². The quantitative estimate of drug-likeness (QED) is 0.313. The third-order valence-electron chi connectivity index (χ3n) is 6.62. The number of halogens is 3. The largest absolute Gasteiger partial charge is 0.435 e. The van der Waals surface area contributed by atoms with Gasteiger partial charge in [0.05, 0.1) is 11.2 Å². The smallest absolute Gasteiger partial charge is 0.262 e. The van der Waals surface area contributed by atoms with Crippen molar-refractivity contribution < 1.29 is 22.7 Å². The molecular weight excluding hydrogens is 511 g/mol. The molecule has 204 valence electrons. The standard InChI is InChI=1S/C27H28F3N7O2/c1-4-36(3)27(38)22-25(35-16-5-6-20(18(28)12-16)37-9-7-31-8-10-37)32-14-33-26(22)39-21-13-19(29)24-17(23(21)30)11-15(2)34-24/h5-6,11-14,31,34H,4,7-10H2,1-3H3,(H,32,33,35). The van der Waals surface area contributed by atoms with Crippen molar-refractivity contribution in [3.8, 4) is 11.6 Å². The highest BCUT2D eigenvalue weighted by Gasteiger charge is 2.26. The number of H-pyrrole nitrogens is 1. The lowest BCUT2D eigenvalue weighted by molar-refractivity contribution is 0.0799. The molecule has 9 nitrogen and oxygen atoms in total. The molecule has 0 spiro atoms. The number of benzene rings is 2. The number of aromatic amines is 1. The van der Waals surface area contributed by atoms with Gasteiger partial charge in [0.1, 0.15) is 17.7 Å². The Morgan fingerprint density at radius 3 is 2.62 bits per heavy atom. The number of aryl methyl sites for hydroxylation is 1. The average molecular weight is 540 g/mol. The van der Waals surface area contributed by atoms with Gasteiger partial charge in [0.15, 0.2) is 23.2 Å². The molecule has 0 saturated carbocycles. The van der Waals surface area contributed by atoms with Gasteiger partial charge in [0.25, 0.3) is 5.91 Å². The van der Waals surface area contributed by atoms with Crippen LogP contribution in [-0.2, 0) is 0 Å². The second-order valence-corrected chi connectivity index (χ2v) is 9.26. The number of hydrogen-bond donors (Lipinski definition) is 3. The van der Waals surface area contributed by atoms with Crippen LogP contribution in [0, 0.1) is 24.4 Å². The summed E-state index contributed by atoms with van der Waals surface area (Å²) in [4.78, 5) is 27.7. The highest BCUT2D eigenvalue weighted by atomic mass is 19.1. The van der Waals surface area contributed by atoms with Gasteiger partial charge in [-0.1, -0.05) is 0 Å².